The highest BCUT2D eigenvalue weighted by Gasteiger charge is 2.14. The molecule has 1 rings (SSSR count). The van der Waals surface area contributed by atoms with E-state index in [2.05, 4.69) is 43.4 Å². The third kappa shape index (κ3) is 6.16. The van der Waals surface area contributed by atoms with Crippen LogP contribution in [0.3, 0.4) is 0 Å². The van der Waals surface area contributed by atoms with Crippen LogP contribution < -0.4 is 5.32 Å². The number of rotatable bonds is 8. The van der Waals surface area contributed by atoms with Gasteiger partial charge in [0.1, 0.15) is 0 Å². The van der Waals surface area contributed by atoms with Gasteiger partial charge in [0.05, 0.1) is 19.2 Å². The van der Waals surface area contributed by atoms with Crippen LogP contribution in [-0.4, -0.2) is 42.2 Å². The van der Waals surface area contributed by atoms with Gasteiger partial charge in [-0.25, -0.2) is 0 Å². The Balaban J connectivity index is 2.53. The number of hydrogen-bond donors (Lipinski definition) is 2. The van der Waals surface area contributed by atoms with E-state index in [4.69, 9.17) is 5.11 Å². The van der Waals surface area contributed by atoms with Crippen LogP contribution in [0.4, 0.5) is 0 Å². The molecule has 2 atom stereocenters. The van der Waals surface area contributed by atoms with Gasteiger partial charge in [0.15, 0.2) is 0 Å². The predicted molar refractivity (Wildman–Crippen MR) is 90.7 cm³/mol. The summed E-state index contributed by atoms with van der Waals surface area (Å²) in [6.07, 6.45) is 1.07. The number of amides is 1. The second-order valence-electron chi connectivity index (χ2n) is 6.58. The number of nitrogens with one attached hydrogen (secondary N) is 1. The van der Waals surface area contributed by atoms with E-state index >= 15 is 0 Å². The third-order valence-corrected chi connectivity index (χ3v) is 3.91. The van der Waals surface area contributed by atoms with Crippen LogP contribution in [0.25, 0.3) is 0 Å². The lowest BCUT2D eigenvalue weighted by Gasteiger charge is -2.23. The molecule has 22 heavy (non-hydrogen) atoms. The maximum absolute atomic E-state index is 12.0. The zero-order valence-corrected chi connectivity index (χ0v) is 14.5. The minimum Gasteiger partial charge on any atom is -0.395 e. The predicted octanol–water partition coefficient (Wildman–Crippen LogP) is 2.37. The molecule has 1 aromatic carbocycles. The highest BCUT2D eigenvalue weighted by molar-refractivity contribution is 5.78. The lowest BCUT2D eigenvalue weighted by Crippen LogP contribution is -2.41. The lowest BCUT2D eigenvalue weighted by molar-refractivity contribution is -0.123. The van der Waals surface area contributed by atoms with E-state index < -0.39 is 0 Å². The zero-order valence-electron chi connectivity index (χ0n) is 14.5. The molecule has 0 spiro atoms. The van der Waals surface area contributed by atoms with Gasteiger partial charge in [-0.2, -0.15) is 0 Å². The summed E-state index contributed by atoms with van der Waals surface area (Å²) in [4.78, 5) is 13.9. The number of benzene rings is 1. The molecule has 4 heteroatoms. The quantitative estimate of drug-likeness (QED) is 0.775. The van der Waals surface area contributed by atoms with E-state index in [0.717, 1.165) is 12.0 Å². The Labute approximate surface area is 134 Å². The van der Waals surface area contributed by atoms with Gasteiger partial charge < -0.3 is 10.4 Å². The molecule has 0 saturated heterocycles. The summed E-state index contributed by atoms with van der Waals surface area (Å²) >= 11 is 0. The van der Waals surface area contributed by atoms with E-state index in [9.17, 15) is 4.79 Å². The average Bonchev–Trinajstić information content (AvgIpc) is 2.46. The number of nitrogens with zero attached hydrogens (tertiary/aromatic N) is 1. The summed E-state index contributed by atoms with van der Waals surface area (Å²) in [5, 5.41) is 12.1. The van der Waals surface area contributed by atoms with Crippen molar-refractivity contribution in [2.24, 2.45) is 5.92 Å². The summed E-state index contributed by atoms with van der Waals surface area (Å²) in [5.41, 5.74) is 2.44. The number of likely N-dealkylation sites (N-methyl/N-ethyl adjacent to an activating group) is 1. The fourth-order valence-electron chi connectivity index (χ4n) is 2.31. The number of carbonyl (C=O) groups excluding carboxylic acids is 1. The van der Waals surface area contributed by atoms with Crippen LogP contribution >= 0.6 is 0 Å². The molecule has 4 nitrogen and oxygen atoms in total. The van der Waals surface area contributed by atoms with E-state index in [1.54, 1.807) is 0 Å². The topological polar surface area (TPSA) is 52.6 Å². The molecule has 0 saturated carbocycles. The minimum absolute atomic E-state index is 0.0153. The van der Waals surface area contributed by atoms with Crippen molar-refractivity contribution in [3.05, 3.63) is 35.4 Å². The molecule has 0 aromatic heterocycles. The largest absolute Gasteiger partial charge is 0.395 e. The zero-order chi connectivity index (χ0) is 16.7. The summed E-state index contributed by atoms with van der Waals surface area (Å²) in [6, 6.07) is 8.41. The van der Waals surface area contributed by atoms with Crippen molar-refractivity contribution < 1.29 is 9.90 Å². The molecule has 0 bridgehead atoms. The summed E-state index contributed by atoms with van der Waals surface area (Å²) in [7, 11) is 1.84. The first-order valence-electron chi connectivity index (χ1n) is 8.02. The first-order valence-corrected chi connectivity index (χ1v) is 8.02. The highest BCUT2D eigenvalue weighted by Crippen LogP contribution is 2.15. The van der Waals surface area contributed by atoms with Gasteiger partial charge in [0, 0.05) is 6.04 Å². The van der Waals surface area contributed by atoms with Crippen LogP contribution in [0.5, 0.6) is 0 Å². The lowest BCUT2D eigenvalue weighted by atomic mass is 10.00. The number of hydrogen-bond acceptors (Lipinski definition) is 3. The Morgan fingerprint density at radius 1 is 1.18 bits per heavy atom. The van der Waals surface area contributed by atoms with Crippen molar-refractivity contribution >= 4 is 5.91 Å². The van der Waals surface area contributed by atoms with Crippen molar-refractivity contribution in [1.82, 2.24) is 10.2 Å². The summed E-state index contributed by atoms with van der Waals surface area (Å²) in [5.74, 6) is 0.619. The average molecular weight is 306 g/mol. The molecule has 1 aromatic rings. The maximum atomic E-state index is 12.0. The number of carbonyl (C=O) groups is 1. The molecule has 0 aliphatic carbocycles. The molecule has 2 N–H and O–H groups in total. The smallest absolute Gasteiger partial charge is 0.234 e. The van der Waals surface area contributed by atoms with Gasteiger partial charge in [0.2, 0.25) is 5.91 Å². The Morgan fingerprint density at radius 3 is 2.27 bits per heavy atom. The molecule has 0 radical (unpaired) electrons. The summed E-state index contributed by atoms with van der Waals surface area (Å²) < 4.78 is 0. The van der Waals surface area contributed by atoms with Crippen molar-refractivity contribution in [3.8, 4) is 0 Å². The second kappa shape index (κ2) is 8.91. The van der Waals surface area contributed by atoms with Gasteiger partial charge in [-0.15, -0.1) is 0 Å². The Morgan fingerprint density at radius 2 is 1.77 bits per heavy atom. The Bertz CT molecular complexity index is 457. The molecule has 0 aliphatic rings. The normalized spacial score (nSPS) is 14.2. The fraction of sp³-hybridized carbons (Fsp3) is 0.611. The molecule has 0 fully saturated rings. The van der Waals surface area contributed by atoms with Gasteiger partial charge in [-0.1, -0.05) is 38.1 Å². The van der Waals surface area contributed by atoms with Crippen molar-refractivity contribution in [2.45, 2.75) is 46.2 Å². The maximum Gasteiger partial charge on any atom is 0.234 e. The van der Waals surface area contributed by atoms with Gasteiger partial charge in [0.25, 0.3) is 0 Å². The van der Waals surface area contributed by atoms with Crippen LogP contribution in [0.1, 0.15) is 44.9 Å². The van der Waals surface area contributed by atoms with Crippen LogP contribution in [0.2, 0.25) is 0 Å². The van der Waals surface area contributed by atoms with Crippen LogP contribution in [0, 0.1) is 5.92 Å². The van der Waals surface area contributed by atoms with E-state index in [0.29, 0.717) is 5.92 Å². The molecular weight excluding hydrogens is 276 g/mol. The fourth-order valence-corrected chi connectivity index (χ4v) is 2.31. The Hall–Kier alpha value is -1.39. The second-order valence-corrected chi connectivity index (χ2v) is 6.58. The molecular formula is C18H30N2O2. The molecule has 2 unspecified atom stereocenters. The van der Waals surface area contributed by atoms with Crippen LogP contribution in [-0.2, 0) is 11.2 Å². The van der Waals surface area contributed by atoms with Crippen LogP contribution in [0.15, 0.2) is 24.3 Å². The number of aliphatic hydroxyl groups excluding tert-OH is 1. The minimum atomic E-state index is -0.0263. The molecule has 124 valence electrons. The molecule has 0 heterocycles. The van der Waals surface area contributed by atoms with Crippen molar-refractivity contribution in [1.29, 1.82) is 0 Å². The molecule has 1 amide bonds. The monoisotopic (exact) mass is 306 g/mol. The van der Waals surface area contributed by atoms with Gasteiger partial charge in [-0.05, 0) is 44.4 Å². The first-order chi connectivity index (χ1) is 10.3. The van der Waals surface area contributed by atoms with E-state index in [1.807, 2.05) is 25.8 Å². The van der Waals surface area contributed by atoms with Crippen molar-refractivity contribution in [2.75, 3.05) is 20.2 Å². The highest BCUT2D eigenvalue weighted by atomic mass is 16.3. The van der Waals surface area contributed by atoms with Gasteiger partial charge >= 0.3 is 0 Å². The number of aliphatic hydroxyl groups is 1. The first kappa shape index (κ1) is 18.7. The summed E-state index contributed by atoms with van der Waals surface area (Å²) in [6.45, 7) is 8.64. The van der Waals surface area contributed by atoms with Crippen molar-refractivity contribution in [3.63, 3.8) is 0 Å². The van der Waals surface area contributed by atoms with E-state index in [1.165, 1.54) is 5.56 Å². The molecule has 0 aliphatic heterocycles. The Kier molecular flexibility index (Phi) is 7.56. The van der Waals surface area contributed by atoms with Gasteiger partial charge in [-0.3, -0.25) is 9.69 Å². The van der Waals surface area contributed by atoms with E-state index in [-0.39, 0.29) is 31.1 Å². The SMILES string of the molecule is CC(C)Cc1ccc(C(C)NC(=O)CN(C)C(C)CO)cc1. The standard InChI is InChI=1S/C18H30N2O2/c1-13(2)10-16-6-8-17(9-7-16)15(4)19-18(22)11-20(5)14(3)12-21/h6-9,13-15,21H,10-12H2,1-5H3,(H,19,22). The third-order valence-electron chi connectivity index (χ3n) is 3.91.